The van der Waals surface area contributed by atoms with Crippen LogP contribution in [0.25, 0.3) is 0 Å². The van der Waals surface area contributed by atoms with E-state index in [1.54, 1.807) is 24.3 Å². The number of sulfone groups is 1. The zero-order valence-electron chi connectivity index (χ0n) is 14.5. The molecular weight excluding hydrogens is 358 g/mol. The van der Waals surface area contributed by atoms with E-state index in [0.717, 1.165) is 5.56 Å². The Balaban J connectivity index is 1.82. The fourth-order valence-corrected chi connectivity index (χ4v) is 4.77. The van der Waals surface area contributed by atoms with Gasteiger partial charge in [-0.3, -0.25) is 25.2 Å². The van der Waals surface area contributed by atoms with Gasteiger partial charge in [-0.1, -0.05) is 30.3 Å². The molecule has 1 saturated heterocycles. The van der Waals surface area contributed by atoms with Crippen LogP contribution in [-0.4, -0.2) is 37.6 Å². The molecule has 0 bridgehead atoms. The first-order valence-corrected chi connectivity index (χ1v) is 10.2. The first-order chi connectivity index (χ1) is 12.2. The normalized spacial score (nSPS) is 19.3. The lowest BCUT2D eigenvalue weighted by Gasteiger charge is -2.18. The Hall–Kier alpha value is -2.42. The third kappa shape index (κ3) is 6.47. The Morgan fingerprint density at radius 1 is 1.12 bits per heavy atom. The van der Waals surface area contributed by atoms with Crippen molar-refractivity contribution >= 4 is 27.6 Å². The number of hydrogen-bond acceptors (Lipinski definition) is 5. The van der Waals surface area contributed by atoms with Crippen LogP contribution < -0.4 is 16.2 Å². The molecule has 0 saturated carbocycles. The SMILES string of the molecule is CC(=O)N[C@@H](CC(=O)NNC(=O)C[C@@H]1CCS(=O)(=O)C1)c1ccccc1. The topological polar surface area (TPSA) is 121 Å². The Bertz CT molecular complexity index is 764. The summed E-state index contributed by atoms with van der Waals surface area (Å²) < 4.78 is 22.8. The van der Waals surface area contributed by atoms with E-state index in [-0.39, 0.29) is 36.2 Å². The van der Waals surface area contributed by atoms with E-state index in [1.165, 1.54) is 6.92 Å². The van der Waals surface area contributed by atoms with Gasteiger partial charge in [0.05, 0.1) is 24.0 Å². The van der Waals surface area contributed by atoms with Crippen molar-refractivity contribution in [2.75, 3.05) is 11.5 Å². The van der Waals surface area contributed by atoms with Gasteiger partial charge in [0.15, 0.2) is 9.84 Å². The van der Waals surface area contributed by atoms with Crippen LogP contribution in [0.2, 0.25) is 0 Å². The minimum Gasteiger partial charge on any atom is -0.349 e. The average molecular weight is 381 g/mol. The van der Waals surface area contributed by atoms with Crippen molar-refractivity contribution in [1.29, 1.82) is 0 Å². The van der Waals surface area contributed by atoms with Crippen molar-refractivity contribution in [2.45, 2.75) is 32.2 Å². The highest BCUT2D eigenvalue weighted by Gasteiger charge is 2.29. The highest BCUT2D eigenvalue weighted by molar-refractivity contribution is 7.91. The highest BCUT2D eigenvalue weighted by atomic mass is 32.2. The molecule has 8 nitrogen and oxygen atoms in total. The summed E-state index contributed by atoms with van der Waals surface area (Å²) in [5.41, 5.74) is 5.39. The summed E-state index contributed by atoms with van der Waals surface area (Å²) >= 11 is 0. The van der Waals surface area contributed by atoms with Crippen LogP contribution in [0.15, 0.2) is 30.3 Å². The molecule has 2 atom stereocenters. The smallest absolute Gasteiger partial charge is 0.240 e. The van der Waals surface area contributed by atoms with Gasteiger partial charge in [-0.25, -0.2) is 8.42 Å². The third-order valence-electron chi connectivity index (χ3n) is 4.11. The molecule has 3 N–H and O–H groups in total. The standard InChI is InChI=1S/C17H23N3O5S/c1-12(21)18-15(14-5-3-2-4-6-14)10-17(23)20-19-16(22)9-13-7-8-26(24,25)11-13/h2-6,13,15H,7-11H2,1H3,(H,18,21)(H,19,22)(H,20,23)/t13-,15-/m0/s1. The lowest BCUT2D eigenvalue weighted by Crippen LogP contribution is -2.43. The monoisotopic (exact) mass is 381 g/mol. The molecule has 2 rings (SSSR count). The summed E-state index contributed by atoms with van der Waals surface area (Å²) in [5.74, 6) is -1.26. The number of nitrogens with one attached hydrogen (secondary N) is 3. The zero-order chi connectivity index (χ0) is 19.2. The fourth-order valence-electron chi connectivity index (χ4n) is 2.90. The van der Waals surface area contributed by atoms with E-state index in [9.17, 15) is 22.8 Å². The molecule has 3 amide bonds. The first kappa shape index (κ1) is 19.9. The van der Waals surface area contributed by atoms with Crippen LogP contribution in [0.1, 0.15) is 37.8 Å². The molecule has 1 aliphatic heterocycles. The molecule has 1 aliphatic rings. The predicted molar refractivity (Wildman–Crippen MR) is 95.3 cm³/mol. The minimum atomic E-state index is -3.04. The second-order valence-corrected chi connectivity index (χ2v) is 8.67. The van der Waals surface area contributed by atoms with E-state index in [0.29, 0.717) is 6.42 Å². The molecule has 1 fully saturated rings. The van der Waals surface area contributed by atoms with E-state index < -0.39 is 27.7 Å². The molecular formula is C17H23N3O5S. The predicted octanol–water partition coefficient (Wildman–Crippen LogP) is 0.226. The van der Waals surface area contributed by atoms with E-state index in [2.05, 4.69) is 16.2 Å². The number of benzene rings is 1. The first-order valence-electron chi connectivity index (χ1n) is 8.35. The van der Waals surface area contributed by atoms with Gasteiger partial charge in [-0.15, -0.1) is 0 Å². The summed E-state index contributed by atoms with van der Waals surface area (Å²) in [6.45, 7) is 1.37. The number of hydrazine groups is 1. The maximum absolute atomic E-state index is 12.1. The summed E-state index contributed by atoms with van der Waals surface area (Å²) in [6.07, 6.45) is 0.470. The van der Waals surface area contributed by atoms with Gasteiger partial charge in [-0.2, -0.15) is 0 Å². The van der Waals surface area contributed by atoms with Crippen molar-refractivity contribution < 1.29 is 22.8 Å². The molecule has 0 unspecified atom stereocenters. The van der Waals surface area contributed by atoms with E-state index in [4.69, 9.17) is 0 Å². The minimum absolute atomic E-state index is 0.00692. The molecule has 1 aromatic rings. The van der Waals surface area contributed by atoms with E-state index >= 15 is 0 Å². The summed E-state index contributed by atoms with van der Waals surface area (Å²) in [5, 5.41) is 2.70. The van der Waals surface area contributed by atoms with Crippen LogP contribution in [0.3, 0.4) is 0 Å². The number of carbonyl (C=O) groups excluding carboxylic acids is 3. The van der Waals surface area contributed by atoms with Crippen LogP contribution in [0.4, 0.5) is 0 Å². The van der Waals surface area contributed by atoms with Gasteiger partial charge in [0.2, 0.25) is 17.7 Å². The Morgan fingerprint density at radius 2 is 1.77 bits per heavy atom. The quantitative estimate of drug-likeness (QED) is 0.609. The zero-order valence-corrected chi connectivity index (χ0v) is 15.3. The molecule has 0 aliphatic carbocycles. The molecule has 0 aromatic heterocycles. The van der Waals surface area contributed by atoms with Gasteiger partial charge >= 0.3 is 0 Å². The van der Waals surface area contributed by atoms with Crippen LogP contribution >= 0.6 is 0 Å². The van der Waals surface area contributed by atoms with Crippen molar-refractivity contribution in [1.82, 2.24) is 16.2 Å². The number of hydrogen-bond donors (Lipinski definition) is 3. The maximum atomic E-state index is 12.1. The summed E-state index contributed by atoms with van der Waals surface area (Å²) in [7, 11) is -3.04. The lowest BCUT2D eigenvalue weighted by molar-refractivity contribution is -0.130. The third-order valence-corrected chi connectivity index (χ3v) is 5.95. The largest absolute Gasteiger partial charge is 0.349 e. The molecule has 9 heteroatoms. The molecule has 142 valence electrons. The highest BCUT2D eigenvalue weighted by Crippen LogP contribution is 2.21. The van der Waals surface area contributed by atoms with Crippen molar-refractivity contribution in [3.05, 3.63) is 35.9 Å². The molecule has 1 aromatic carbocycles. The van der Waals surface area contributed by atoms with Gasteiger partial charge in [0.25, 0.3) is 0 Å². The van der Waals surface area contributed by atoms with Crippen molar-refractivity contribution in [3.8, 4) is 0 Å². The molecule has 0 spiro atoms. The van der Waals surface area contributed by atoms with Crippen molar-refractivity contribution in [2.24, 2.45) is 5.92 Å². The number of rotatable bonds is 6. The second kappa shape index (κ2) is 8.79. The number of amides is 3. The maximum Gasteiger partial charge on any atom is 0.240 e. The Kier molecular flexibility index (Phi) is 6.73. The Morgan fingerprint density at radius 3 is 2.35 bits per heavy atom. The lowest BCUT2D eigenvalue weighted by atomic mass is 10.0. The van der Waals surface area contributed by atoms with Gasteiger partial charge in [0.1, 0.15) is 0 Å². The van der Waals surface area contributed by atoms with Crippen LogP contribution in [0, 0.1) is 5.92 Å². The van der Waals surface area contributed by atoms with Gasteiger partial charge in [0, 0.05) is 13.3 Å². The molecule has 26 heavy (non-hydrogen) atoms. The molecule has 0 radical (unpaired) electrons. The molecule has 1 heterocycles. The van der Waals surface area contributed by atoms with E-state index in [1.807, 2.05) is 6.07 Å². The Labute approximate surface area is 152 Å². The average Bonchev–Trinajstić information content (AvgIpc) is 2.91. The second-order valence-electron chi connectivity index (χ2n) is 6.44. The fraction of sp³-hybridized carbons (Fsp3) is 0.471. The van der Waals surface area contributed by atoms with Gasteiger partial charge in [-0.05, 0) is 17.9 Å². The summed E-state index contributed by atoms with van der Waals surface area (Å²) in [4.78, 5) is 35.3. The van der Waals surface area contributed by atoms with Crippen LogP contribution in [-0.2, 0) is 24.2 Å². The summed E-state index contributed by atoms with van der Waals surface area (Å²) in [6, 6.07) is 8.53. The van der Waals surface area contributed by atoms with Gasteiger partial charge < -0.3 is 5.32 Å². The van der Waals surface area contributed by atoms with Crippen LogP contribution in [0.5, 0.6) is 0 Å². The number of carbonyl (C=O) groups is 3. The van der Waals surface area contributed by atoms with Crippen molar-refractivity contribution in [3.63, 3.8) is 0 Å².